The van der Waals surface area contributed by atoms with Gasteiger partial charge in [-0.25, -0.2) is 0 Å². The maximum Gasteiger partial charge on any atom is 0.303 e. The molecule has 0 amide bonds. The summed E-state index contributed by atoms with van der Waals surface area (Å²) in [5, 5.41) is 9.19. The van der Waals surface area contributed by atoms with Gasteiger partial charge >= 0.3 is 5.97 Å². The summed E-state index contributed by atoms with van der Waals surface area (Å²) in [4.78, 5) is 27.4. The highest BCUT2D eigenvalue weighted by atomic mass is 16.5. The summed E-state index contributed by atoms with van der Waals surface area (Å²) in [5.74, 6) is -0.779. The minimum absolute atomic E-state index is 0.0849. The van der Waals surface area contributed by atoms with Crippen LogP contribution in [-0.4, -0.2) is 27.2 Å². The van der Waals surface area contributed by atoms with Gasteiger partial charge in [-0.3, -0.25) is 14.2 Å². The number of hydrogen-bond donors (Lipinski definition) is 1. The number of carbonyl (C=O) groups is 1. The van der Waals surface area contributed by atoms with E-state index in [1.165, 1.54) is 0 Å². The fourth-order valence-corrected chi connectivity index (χ4v) is 2.40. The SMILES string of the molecule is CCCn1c(OCCCCCC(=O)O)nc2ccccc2c1=O. The second-order valence-corrected chi connectivity index (χ2v) is 5.42. The van der Waals surface area contributed by atoms with Gasteiger partial charge in [0, 0.05) is 13.0 Å². The van der Waals surface area contributed by atoms with Crippen LogP contribution in [0.3, 0.4) is 0 Å². The Kier molecular flexibility index (Phi) is 6.14. The zero-order chi connectivity index (χ0) is 16.7. The molecule has 6 heteroatoms. The van der Waals surface area contributed by atoms with E-state index in [-0.39, 0.29) is 12.0 Å². The monoisotopic (exact) mass is 318 g/mol. The predicted octanol–water partition coefficient (Wildman–Crippen LogP) is 2.83. The number of hydrogen-bond acceptors (Lipinski definition) is 4. The van der Waals surface area contributed by atoms with Gasteiger partial charge in [-0.15, -0.1) is 0 Å². The third-order valence-corrected chi connectivity index (χ3v) is 3.54. The Hall–Kier alpha value is -2.37. The van der Waals surface area contributed by atoms with Gasteiger partial charge in [0.15, 0.2) is 0 Å². The topological polar surface area (TPSA) is 81.4 Å². The highest BCUT2D eigenvalue weighted by Crippen LogP contribution is 2.14. The number of benzene rings is 1. The van der Waals surface area contributed by atoms with Crippen molar-refractivity contribution in [3.05, 3.63) is 34.6 Å². The van der Waals surface area contributed by atoms with Gasteiger partial charge in [0.2, 0.25) is 0 Å². The molecule has 0 aliphatic rings. The van der Waals surface area contributed by atoms with Gasteiger partial charge in [0.05, 0.1) is 17.5 Å². The van der Waals surface area contributed by atoms with Crippen LogP contribution in [0, 0.1) is 0 Å². The molecule has 0 spiro atoms. The Labute approximate surface area is 134 Å². The summed E-state index contributed by atoms with van der Waals surface area (Å²) in [6.45, 7) is 2.98. The van der Waals surface area contributed by atoms with E-state index in [2.05, 4.69) is 4.98 Å². The molecule has 0 bridgehead atoms. The summed E-state index contributed by atoms with van der Waals surface area (Å²) in [6.07, 6.45) is 3.13. The molecule has 0 aliphatic heterocycles. The second-order valence-electron chi connectivity index (χ2n) is 5.42. The minimum atomic E-state index is -0.779. The lowest BCUT2D eigenvalue weighted by Crippen LogP contribution is -2.24. The Bertz CT molecular complexity index is 724. The van der Waals surface area contributed by atoms with Crippen molar-refractivity contribution < 1.29 is 14.6 Å². The third-order valence-electron chi connectivity index (χ3n) is 3.54. The van der Waals surface area contributed by atoms with Gasteiger partial charge < -0.3 is 9.84 Å². The largest absolute Gasteiger partial charge is 0.481 e. The molecular weight excluding hydrogens is 296 g/mol. The maximum absolute atomic E-state index is 12.5. The maximum atomic E-state index is 12.5. The van der Waals surface area contributed by atoms with Crippen molar-refractivity contribution in [2.75, 3.05) is 6.61 Å². The van der Waals surface area contributed by atoms with Crippen molar-refractivity contribution in [1.82, 2.24) is 9.55 Å². The molecule has 1 aromatic carbocycles. The summed E-state index contributed by atoms with van der Waals surface area (Å²) in [6, 6.07) is 7.58. The normalized spacial score (nSPS) is 10.8. The second kappa shape index (κ2) is 8.31. The molecule has 23 heavy (non-hydrogen) atoms. The molecule has 2 rings (SSSR count). The third kappa shape index (κ3) is 4.55. The lowest BCUT2D eigenvalue weighted by molar-refractivity contribution is -0.137. The smallest absolute Gasteiger partial charge is 0.303 e. The Morgan fingerprint density at radius 1 is 1.26 bits per heavy atom. The quantitative estimate of drug-likeness (QED) is 0.719. The molecule has 0 saturated carbocycles. The number of nitrogens with zero attached hydrogens (tertiary/aromatic N) is 2. The molecule has 0 atom stereocenters. The van der Waals surface area contributed by atoms with Crippen molar-refractivity contribution in [1.29, 1.82) is 0 Å². The van der Waals surface area contributed by atoms with Crippen LogP contribution < -0.4 is 10.3 Å². The van der Waals surface area contributed by atoms with Crippen LogP contribution in [0.4, 0.5) is 0 Å². The summed E-state index contributed by atoms with van der Waals surface area (Å²) in [5.41, 5.74) is 0.545. The molecular formula is C17H22N2O4. The van der Waals surface area contributed by atoms with E-state index in [9.17, 15) is 9.59 Å². The van der Waals surface area contributed by atoms with Crippen LogP contribution in [0.15, 0.2) is 29.1 Å². The van der Waals surface area contributed by atoms with E-state index >= 15 is 0 Å². The fraction of sp³-hybridized carbons (Fsp3) is 0.471. The fourth-order valence-electron chi connectivity index (χ4n) is 2.40. The molecule has 0 unspecified atom stereocenters. The minimum Gasteiger partial charge on any atom is -0.481 e. The first-order chi connectivity index (χ1) is 11.1. The molecule has 2 aromatic rings. The average Bonchev–Trinajstić information content (AvgIpc) is 2.54. The number of rotatable bonds is 9. The number of carboxylic acid groups (broad SMARTS) is 1. The lowest BCUT2D eigenvalue weighted by atomic mass is 10.2. The van der Waals surface area contributed by atoms with Gasteiger partial charge in [-0.05, 0) is 37.8 Å². The molecule has 1 heterocycles. The van der Waals surface area contributed by atoms with E-state index in [1.807, 2.05) is 19.1 Å². The van der Waals surface area contributed by atoms with Crippen LogP contribution in [0.2, 0.25) is 0 Å². The van der Waals surface area contributed by atoms with Crippen molar-refractivity contribution in [3.63, 3.8) is 0 Å². The number of para-hydroxylation sites is 1. The van der Waals surface area contributed by atoms with E-state index in [0.717, 1.165) is 19.3 Å². The van der Waals surface area contributed by atoms with Crippen molar-refractivity contribution in [2.24, 2.45) is 0 Å². The van der Waals surface area contributed by atoms with Crippen molar-refractivity contribution in [2.45, 2.75) is 45.6 Å². The van der Waals surface area contributed by atoms with Crippen LogP contribution in [0.25, 0.3) is 10.9 Å². The molecule has 0 fully saturated rings. The van der Waals surface area contributed by atoms with Crippen LogP contribution in [0.5, 0.6) is 6.01 Å². The molecule has 1 N–H and O–H groups in total. The number of carboxylic acids is 1. The van der Waals surface area contributed by atoms with Crippen LogP contribution in [0.1, 0.15) is 39.0 Å². The predicted molar refractivity (Wildman–Crippen MR) is 87.9 cm³/mol. The number of unbranched alkanes of at least 4 members (excludes halogenated alkanes) is 2. The van der Waals surface area contributed by atoms with E-state index in [4.69, 9.17) is 9.84 Å². The van der Waals surface area contributed by atoms with Crippen molar-refractivity contribution >= 4 is 16.9 Å². The summed E-state index contributed by atoms with van der Waals surface area (Å²) >= 11 is 0. The standard InChI is InChI=1S/C17H22N2O4/c1-2-11-19-16(22)13-8-5-6-9-14(13)18-17(19)23-12-7-3-4-10-15(20)21/h5-6,8-9H,2-4,7,10-12H2,1H3,(H,20,21). The average molecular weight is 318 g/mol. The molecule has 0 saturated heterocycles. The summed E-state index contributed by atoms with van der Waals surface area (Å²) < 4.78 is 7.26. The highest BCUT2D eigenvalue weighted by Gasteiger charge is 2.11. The first-order valence-corrected chi connectivity index (χ1v) is 7.97. The Morgan fingerprint density at radius 3 is 2.78 bits per heavy atom. The Balaban J connectivity index is 2.08. The van der Waals surface area contributed by atoms with Gasteiger partial charge in [-0.1, -0.05) is 19.1 Å². The van der Waals surface area contributed by atoms with Crippen LogP contribution in [-0.2, 0) is 11.3 Å². The Morgan fingerprint density at radius 2 is 2.04 bits per heavy atom. The molecule has 6 nitrogen and oxygen atoms in total. The zero-order valence-corrected chi connectivity index (χ0v) is 13.3. The molecule has 0 aliphatic carbocycles. The van der Waals surface area contributed by atoms with E-state index in [0.29, 0.717) is 36.5 Å². The van der Waals surface area contributed by atoms with Crippen LogP contribution >= 0.6 is 0 Å². The first kappa shape index (κ1) is 17.0. The first-order valence-electron chi connectivity index (χ1n) is 7.97. The van der Waals surface area contributed by atoms with E-state index in [1.54, 1.807) is 16.7 Å². The lowest BCUT2D eigenvalue weighted by Gasteiger charge is -2.13. The highest BCUT2D eigenvalue weighted by molar-refractivity contribution is 5.77. The number of aromatic nitrogens is 2. The van der Waals surface area contributed by atoms with Gasteiger partial charge in [0.1, 0.15) is 0 Å². The summed E-state index contributed by atoms with van der Waals surface area (Å²) in [7, 11) is 0. The van der Waals surface area contributed by atoms with Gasteiger partial charge in [-0.2, -0.15) is 4.98 Å². The molecule has 0 radical (unpaired) electrons. The zero-order valence-electron chi connectivity index (χ0n) is 13.3. The van der Waals surface area contributed by atoms with Crippen molar-refractivity contribution in [3.8, 4) is 6.01 Å². The molecule has 124 valence electrons. The number of aliphatic carboxylic acids is 1. The molecule has 1 aromatic heterocycles. The van der Waals surface area contributed by atoms with Gasteiger partial charge in [0.25, 0.3) is 11.6 Å². The number of fused-ring (bicyclic) bond motifs is 1. The van der Waals surface area contributed by atoms with E-state index < -0.39 is 5.97 Å². The number of ether oxygens (including phenoxy) is 1.